The Bertz CT molecular complexity index is 755. The van der Waals surface area contributed by atoms with Crippen molar-refractivity contribution in [2.75, 3.05) is 0 Å². The first-order valence-electron chi connectivity index (χ1n) is 6.65. The van der Waals surface area contributed by atoms with Crippen molar-refractivity contribution in [1.82, 2.24) is 9.55 Å². The summed E-state index contributed by atoms with van der Waals surface area (Å²) in [5.41, 5.74) is 2.70. The van der Waals surface area contributed by atoms with Gasteiger partial charge in [-0.15, -0.1) is 11.3 Å². The number of allylic oxidation sites excluding steroid dienone is 1. The summed E-state index contributed by atoms with van der Waals surface area (Å²) < 4.78 is 8.20. The first-order chi connectivity index (χ1) is 9.37. The van der Waals surface area contributed by atoms with Gasteiger partial charge in [-0.1, -0.05) is 12.2 Å². The molecule has 0 spiro atoms. The van der Waals surface area contributed by atoms with Gasteiger partial charge in [-0.3, -0.25) is 9.36 Å². The monoisotopic (exact) mass is 290 g/mol. The fourth-order valence-electron chi connectivity index (χ4n) is 2.49. The Hall–Kier alpha value is -1.46. The fraction of sp³-hybridized carbons (Fsp3) is 0.467. The first-order valence-corrected chi connectivity index (χ1v) is 7.47. The molecule has 4 nitrogen and oxygen atoms in total. The summed E-state index contributed by atoms with van der Waals surface area (Å²) in [4.78, 5) is 18.2. The number of ether oxygens (including phenoxy) is 1. The highest BCUT2D eigenvalue weighted by atomic mass is 32.1. The average Bonchev–Trinajstić information content (AvgIpc) is 2.69. The van der Waals surface area contributed by atoms with Crippen LogP contribution in [0.5, 0.6) is 0 Å². The van der Waals surface area contributed by atoms with Crippen LogP contribution in [0.1, 0.15) is 31.2 Å². The van der Waals surface area contributed by atoms with Gasteiger partial charge in [-0.05, 0) is 20.8 Å². The van der Waals surface area contributed by atoms with Crippen molar-refractivity contribution in [3.8, 4) is 0 Å². The van der Waals surface area contributed by atoms with Crippen molar-refractivity contribution in [3.63, 3.8) is 0 Å². The van der Waals surface area contributed by atoms with E-state index in [0.29, 0.717) is 13.2 Å². The third-order valence-corrected chi connectivity index (χ3v) is 4.69. The van der Waals surface area contributed by atoms with Gasteiger partial charge in [0, 0.05) is 23.4 Å². The lowest BCUT2D eigenvalue weighted by atomic mass is 9.98. The summed E-state index contributed by atoms with van der Waals surface area (Å²) >= 11 is 1.56. The predicted molar refractivity (Wildman–Crippen MR) is 81.3 cm³/mol. The molecule has 0 bridgehead atoms. The van der Waals surface area contributed by atoms with Crippen LogP contribution >= 0.6 is 11.3 Å². The zero-order valence-corrected chi connectivity index (χ0v) is 12.8. The van der Waals surface area contributed by atoms with Crippen LogP contribution in [0, 0.1) is 0 Å². The Morgan fingerprint density at radius 2 is 2.35 bits per heavy atom. The van der Waals surface area contributed by atoms with Gasteiger partial charge < -0.3 is 4.74 Å². The maximum atomic E-state index is 12.5. The van der Waals surface area contributed by atoms with Crippen molar-refractivity contribution in [2.24, 2.45) is 0 Å². The molecule has 0 saturated carbocycles. The highest BCUT2D eigenvalue weighted by molar-refractivity contribution is 7.19. The highest BCUT2D eigenvalue weighted by Crippen LogP contribution is 2.36. The summed E-state index contributed by atoms with van der Waals surface area (Å²) in [6.07, 6.45) is 2.45. The molecular weight excluding hydrogens is 272 g/mol. The van der Waals surface area contributed by atoms with E-state index in [0.717, 1.165) is 27.8 Å². The van der Waals surface area contributed by atoms with Crippen LogP contribution in [-0.4, -0.2) is 15.2 Å². The molecule has 20 heavy (non-hydrogen) atoms. The predicted octanol–water partition coefficient (Wildman–Crippen LogP) is 2.89. The van der Waals surface area contributed by atoms with Crippen molar-refractivity contribution < 1.29 is 4.74 Å². The van der Waals surface area contributed by atoms with Gasteiger partial charge in [-0.2, -0.15) is 0 Å². The molecule has 0 unspecified atom stereocenters. The van der Waals surface area contributed by atoms with E-state index < -0.39 is 0 Å². The lowest BCUT2D eigenvalue weighted by Crippen LogP contribution is -2.30. The molecule has 3 rings (SSSR count). The van der Waals surface area contributed by atoms with Gasteiger partial charge in [0.05, 0.1) is 24.1 Å². The zero-order chi connectivity index (χ0) is 14.5. The van der Waals surface area contributed by atoms with Crippen LogP contribution < -0.4 is 5.56 Å². The molecule has 2 aromatic heterocycles. The molecule has 1 aliphatic rings. The second-order valence-electron chi connectivity index (χ2n) is 6.04. The van der Waals surface area contributed by atoms with Crippen molar-refractivity contribution in [2.45, 2.75) is 45.9 Å². The largest absolute Gasteiger partial charge is 0.370 e. The summed E-state index contributed by atoms with van der Waals surface area (Å²) in [6.45, 7) is 11.0. The summed E-state index contributed by atoms with van der Waals surface area (Å²) in [5.74, 6) is 0. The van der Waals surface area contributed by atoms with E-state index in [-0.39, 0.29) is 11.2 Å². The van der Waals surface area contributed by atoms with E-state index in [1.165, 1.54) is 4.88 Å². The van der Waals surface area contributed by atoms with Crippen LogP contribution in [0.4, 0.5) is 0 Å². The number of thiophene rings is 1. The Balaban J connectivity index is 2.16. The number of nitrogens with zero attached hydrogens (tertiary/aromatic N) is 2. The number of hydrogen-bond donors (Lipinski definition) is 0. The number of rotatable bonds is 2. The van der Waals surface area contributed by atoms with Crippen molar-refractivity contribution >= 4 is 21.6 Å². The average molecular weight is 290 g/mol. The third kappa shape index (κ3) is 2.21. The topological polar surface area (TPSA) is 44.1 Å². The van der Waals surface area contributed by atoms with Gasteiger partial charge in [0.1, 0.15) is 4.70 Å². The number of fused-ring (bicyclic) bond motifs is 3. The molecule has 1 aliphatic heterocycles. The van der Waals surface area contributed by atoms with E-state index in [9.17, 15) is 4.79 Å². The highest BCUT2D eigenvalue weighted by Gasteiger charge is 2.30. The molecule has 0 fully saturated rings. The Morgan fingerprint density at radius 3 is 3.05 bits per heavy atom. The smallest absolute Gasteiger partial charge is 0.271 e. The minimum absolute atomic E-state index is 0.0233. The van der Waals surface area contributed by atoms with Crippen molar-refractivity contribution in [1.29, 1.82) is 0 Å². The molecule has 2 aromatic rings. The minimum Gasteiger partial charge on any atom is -0.370 e. The van der Waals surface area contributed by atoms with E-state index in [1.807, 2.05) is 6.92 Å². The molecule has 0 aromatic carbocycles. The van der Waals surface area contributed by atoms with E-state index in [4.69, 9.17) is 4.74 Å². The number of aromatic nitrogens is 2. The normalized spacial score (nSPS) is 17.1. The summed E-state index contributed by atoms with van der Waals surface area (Å²) in [5, 5.41) is 0. The van der Waals surface area contributed by atoms with Gasteiger partial charge in [0.25, 0.3) is 5.56 Å². The molecule has 0 radical (unpaired) electrons. The van der Waals surface area contributed by atoms with Crippen LogP contribution in [0.25, 0.3) is 10.2 Å². The van der Waals surface area contributed by atoms with Gasteiger partial charge >= 0.3 is 0 Å². The second kappa shape index (κ2) is 4.53. The van der Waals surface area contributed by atoms with Crippen LogP contribution in [0.3, 0.4) is 0 Å². The fourth-order valence-corrected chi connectivity index (χ4v) is 3.92. The van der Waals surface area contributed by atoms with Crippen LogP contribution in [0.15, 0.2) is 23.3 Å². The lowest BCUT2D eigenvalue weighted by molar-refractivity contribution is -0.0383. The minimum atomic E-state index is -0.162. The molecular formula is C15H18N2O2S. The maximum absolute atomic E-state index is 12.5. The quantitative estimate of drug-likeness (QED) is 0.799. The van der Waals surface area contributed by atoms with Gasteiger partial charge in [0.15, 0.2) is 0 Å². The molecule has 5 heteroatoms. The Labute approximate surface area is 121 Å². The maximum Gasteiger partial charge on any atom is 0.271 e. The standard InChI is InChI=1S/C15H18N2O2S/c1-9(2)6-17-8-16-12-10-7-19-15(3,4)5-11(10)20-13(12)14(17)18/h8H,1,5-7H2,2-4H3. The van der Waals surface area contributed by atoms with Crippen LogP contribution in [-0.2, 0) is 24.3 Å². The molecule has 3 heterocycles. The van der Waals surface area contributed by atoms with Crippen LogP contribution in [0.2, 0.25) is 0 Å². The third-order valence-electron chi connectivity index (χ3n) is 3.48. The molecule has 0 amide bonds. The molecule has 0 aliphatic carbocycles. The molecule has 0 atom stereocenters. The Morgan fingerprint density at radius 1 is 1.60 bits per heavy atom. The Kier molecular flexibility index (Phi) is 3.06. The van der Waals surface area contributed by atoms with Gasteiger partial charge in [0.2, 0.25) is 0 Å². The van der Waals surface area contributed by atoms with E-state index in [1.54, 1.807) is 22.2 Å². The summed E-state index contributed by atoms with van der Waals surface area (Å²) in [6, 6.07) is 0. The SMILES string of the molecule is C=C(C)Cn1cnc2c3c(sc2c1=O)CC(C)(C)OC3. The van der Waals surface area contributed by atoms with Gasteiger partial charge in [-0.25, -0.2) is 4.98 Å². The summed E-state index contributed by atoms with van der Waals surface area (Å²) in [7, 11) is 0. The molecule has 0 saturated heterocycles. The van der Waals surface area contributed by atoms with Crippen molar-refractivity contribution in [3.05, 3.63) is 39.3 Å². The zero-order valence-electron chi connectivity index (χ0n) is 12.0. The molecule has 106 valence electrons. The first kappa shape index (κ1) is 13.5. The lowest BCUT2D eigenvalue weighted by Gasteiger charge is -2.29. The van der Waals surface area contributed by atoms with E-state index in [2.05, 4.69) is 25.4 Å². The van der Waals surface area contributed by atoms with E-state index >= 15 is 0 Å². The second-order valence-corrected chi connectivity index (χ2v) is 7.15. The number of hydrogen-bond acceptors (Lipinski definition) is 4. The molecule has 0 N–H and O–H groups in total.